The fraction of sp³-hybridized carbons (Fsp3) is 0.429. The molecule has 0 aliphatic heterocycles. The van der Waals surface area contributed by atoms with Crippen molar-refractivity contribution in [1.82, 2.24) is 0 Å². The minimum atomic E-state index is 0.148. The summed E-state index contributed by atoms with van der Waals surface area (Å²) in [6.07, 6.45) is 3.66. The molecule has 0 saturated carbocycles. The second-order valence-electron chi connectivity index (χ2n) is 3.97. The van der Waals surface area contributed by atoms with E-state index in [1.807, 2.05) is 25.3 Å². The molecule has 1 atom stereocenters. The molecule has 0 heterocycles. The summed E-state index contributed by atoms with van der Waals surface area (Å²) in [7, 11) is 0. The Morgan fingerprint density at radius 3 is 2.94 bits per heavy atom. The summed E-state index contributed by atoms with van der Waals surface area (Å²) in [5.74, 6) is 0.148. The van der Waals surface area contributed by atoms with Gasteiger partial charge in [0.15, 0.2) is 0 Å². The quantitative estimate of drug-likeness (QED) is 0.692. The van der Waals surface area contributed by atoms with Crippen LogP contribution in [0.5, 0.6) is 0 Å². The van der Waals surface area contributed by atoms with Gasteiger partial charge in [-0.1, -0.05) is 36.8 Å². The third-order valence-electron chi connectivity index (χ3n) is 2.56. The zero-order chi connectivity index (χ0) is 11.8. The van der Waals surface area contributed by atoms with Crippen molar-refractivity contribution < 1.29 is 0 Å². The van der Waals surface area contributed by atoms with Gasteiger partial charge in [-0.2, -0.15) is 5.26 Å². The Labute approximate surface area is 97.6 Å². The van der Waals surface area contributed by atoms with Crippen LogP contribution >= 0.6 is 0 Å². The second-order valence-corrected chi connectivity index (χ2v) is 3.97. The zero-order valence-electron chi connectivity index (χ0n) is 9.98. The van der Waals surface area contributed by atoms with Crippen LogP contribution in [0.15, 0.2) is 29.3 Å². The number of aryl methyl sites for hydroxylation is 1. The third kappa shape index (κ3) is 4.27. The van der Waals surface area contributed by atoms with Gasteiger partial charge in [-0.15, -0.1) is 0 Å². The molecule has 0 fully saturated rings. The highest BCUT2D eigenvalue weighted by molar-refractivity contribution is 5.79. The second kappa shape index (κ2) is 6.79. The van der Waals surface area contributed by atoms with Gasteiger partial charge in [0, 0.05) is 18.7 Å². The lowest BCUT2D eigenvalue weighted by Gasteiger charge is -2.01. The largest absolute Gasteiger partial charge is 0.293 e. The van der Waals surface area contributed by atoms with Gasteiger partial charge in [0.1, 0.15) is 0 Å². The molecule has 0 aliphatic rings. The van der Waals surface area contributed by atoms with Crippen LogP contribution in [0, 0.1) is 24.2 Å². The number of aliphatic imine (C=N–C) groups is 1. The Bertz CT molecular complexity index is 388. The van der Waals surface area contributed by atoms with E-state index in [2.05, 4.69) is 30.1 Å². The summed E-state index contributed by atoms with van der Waals surface area (Å²) in [4.78, 5) is 4.34. The number of nitriles is 1. The van der Waals surface area contributed by atoms with Crippen LogP contribution in [0.3, 0.4) is 0 Å². The molecule has 1 rings (SSSR count). The van der Waals surface area contributed by atoms with Crippen LogP contribution in [0.25, 0.3) is 0 Å². The summed E-state index contributed by atoms with van der Waals surface area (Å²) in [5.41, 5.74) is 2.37. The molecule has 0 saturated heterocycles. The number of hydrogen-bond acceptors (Lipinski definition) is 2. The summed E-state index contributed by atoms with van der Waals surface area (Å²) in [5, 5.41) is 8.78. The van der Waals surface area contributed by atoms with E-state index in [9.17, 15) is 0 Å². The Kier molecular flexibility index (Phi) is 5.28. The first-order chi connectivity index (χ1) is 7.76. The maximum absolute atomic E-state index is 8.78. The monoisotopic (exact) mass is 214 g/mol. The predicted molar refractivity (Wildman–Crippen MR) is 67.7 cm³/mol. The summed E-state index contributed by atoms with van der Waals surface area (Å²) < 4.78 is 0. The van der Waals surface area contributed by atoms with Crippen LogP contribution in [0.1, 0.15) is 30.9 Å². The summed E-state index contributed by atoms with van der Waals surface area (Å²) in [6, 6.07) is 10.5. The van der Waals surface area contributed by atoms with E-state index >= 15 is 0 Å². The first-order valence-electron chi connectivity index (χ1n) is 5.72. The molecule has 1 aromatic carbocycles. The molecule has 0 spiro atoms. The molecule has 16 heavy (non-hydrogen) atoms. The minimum absolute atomic E-state index is 0.148. The van der Waals surface area contributed by atoms with Gasteiger partial charge >= 0.3 is 0 Å². The van der Waals surface area contributed by atoms with E-state index in [-0.39, 0.29) is 5.92 Å². The third-order valence-corrected chi connectivity index (χ3v) is 2.56. The highest BCUT2D eigenvalue weighted by atomic mass is 14.7. The molecule has 0 aromatic heterocycles. The topological polar surface area (TPSA) is 36.1 Å². The van der Waals surface area contributed by atoms with Crippen LogP contribution in [-0.4, -0.2) is 12.8 Å². The molecule has 0 aliphatic carbocycles. The number of benzene rings is 1. The van der Waals surface area contributed by atoms with Crippen LogP contribution in [0.2, 0.25) is 0 Å². The van der Waals surface area contributed by atoms with Crippen molar-refractivity contribution in [3.8, 4) is 6.07 Å². The van der Waals surface area contributed by atoms with E-state index < -0.39 is 0 Å². The highest BCUT2D eigenvalue weighted by Crippen LogP contribution is 2.06. The number of hydrogen-bond donors (Lipinski definition) is 0. The van der Waals surface area contributed by atoms with Crippen molar-refractivity contribution in [1.29, 1.82) is 5.26 Å². The van der Waals surface area contributed by atoms with Gasteiger partial charge < -0.3 is 0 Å². The summed E-state index contributed by atoms with van der Waals surface area (Å²) in [6.45, 7) is 4.85. The molecule has 0 N–H and O–H groups in total. The summed E-state index contributed by atoms with van der Waals surface area (Å²) >= 11 is 0. The van der Waals surface area contributed by atoms with Crippen molar-refractivity contribution in [3.63, 3.8) is 0 Å². The first kappa shape index (κ1) is 12.4. The van der Waals surface area contributed by atoms with Gasteiger partial charge in [0.2, 0.25) is 0 Å². The highest BCUT2D eigenvalue weighted by Gasteiger charge is 2.01. The zero-order valence-corrected chi connectivity index (χ0v) is 9.98. The Morgan fingerprint density at radius 1 is 1.50 bits per heavy atom. The molecule has 2 heteroatoms. The van der Waals surface area contributed by atoms with Gasteiger partial charge in [-0.05, 0) is 25.3 Å². The van der Waals surface area contributed by atoms with Crippen molar-refractivity contribution >= 4 is 6.21 Å². The minimum Gasteiger partial charge on any atom is -0.293 e. The first-order valence-corrected chi connectivity index (χ1v) is 5.72. The van der Waals surface area contributed by atoms with Crippen molar-refractivity contribution in [2.45, 2.75) is 26.7 Å². The fourth-order valence-corrected chi connectivity index (χ4v) is 1.51. The number of rotatable bonds is 5. The van der Waals surface area contributed by atoms with Crippen molar-refractivity contribution in [3.05, 3.63) is 35.4 Å². The van der Waals surface area contributed by atoms with Gasteiger partial charge in [0.25, 0.3) is 0 Å². The lowest BCUT2D eigenvalue weighted by atomic mass is 10.1. The Hall–Kier alpha value is -1.62. The lowest BCUT2D eigenvalue weighted by Crippen LogP contribution is -1.97. The molecule has 1 aromatic rings. The van der Waals surface area contributed by atoms with Gasteiger partial charge in [-0.3, -0.25) is 4.99 Å². The molecular weight excluding hydrogens is 196 g/mol. The standard InChI is InChI=1S/C14H18N2/c1-3-13(10-15)7-8-16-11-14-6-4-5-12(2)9-14/h4-6,9,11,13H,3,7-8H2,1-2H3. The molecular formula is C14H18N2. The molecule has 2 nitrogen and oxygen atoms in total. The van der Waals surface area contributed by atoms with Crippen LogP contribution in [0.4, 0.5) is 0 Å². The van der Waals surface area contributed by atoms with Crippen LogP contribution in [-0.2, 0) is 0 Å². The van der Waals surface area contributed by atoms with Crippen molar-refractivity contribution in [2.75, 3.05) is 6.54 Å². The van der Waals surface area contributed by atoms with Gasteiger partial charge in [-0.25, -0.2) is 0 Å². The fourth-order valence-electron chi connectivity index (χ4n) is 1.51. The van der Waals surface area contributed by atoms with E-state index in [0.717, 1.165) is 24.9 Å². The lowest BCUT2D eigenvalue weighted by molar-refractivity contribution is 0.594. The Morgan fingerprint density at radius 2 is 2.31 bits per heavy atom. The average molecular weight is 214 g/mol. The molecule has 0 radical (unpaired) electrons. The molecule has 0 bridgehead atoms. The van der Waals surface area contributed by atoms with Crippen LogP contribution < -0.4 is 0 Å². The SMILES string of the molecule is CCC(C#N)CCN=Cc1cccc(C)c1. The number of nitrogens with zero attached hydrogens (tertiary/aromatic N) is 2. The van der Waals surface area contributed by atoms with Crippen molar-refractivity contribution in [2.24, 2.45) is 10.9 Å². The van der Waals surface area contributed by atoms with E-state index in [1.165, 1.54) is 5.56 Å². The molecule has 1 unspecified atom stereocenters. The average Bonchev–Trinajstić information content (AvgIpc) is 2.29. The molecule has 84 valence electrons. The van der Waals surface area contributed by atoms with E-state index in [0.29, 0.717) is 0 Å². The maximum atomic E-state index is 8.78. The predicted octanol–water partition coefficient (Wildman–Crippen LogP) is 3.35. The maximum Gasteiger partial charge on any atom is 0.0656 e. The van der Waals surface area contributed by atoms with Gasteiger partial charge in [0.05, 0.1) is 6.07 Å². The smallest absolute Gasteiger partial charge is 0.0656 e. The van der Waals surface area contributed by atoms with E-state index in [4.69, 9.17) is 5.26 Å². The Balaban J connectivity index is 2.41. The molecule has 0 amide bonds. The normalized spacial score (nSPS) is 12.6. The van der Waals surface area contributed by atoms with E-state index in [1.54, 1.807) is 0 Å².